The van der Waals surface area contributed by atoms with E-state index in [-0.39, 0.29) is 18.2 Å². The molecule has 0 radical (unpaired) electrons. The van der Waals surface area contributed by atoms with E-state index in [0.717, 1.165) is 45.3 Å². The van der Waals surface area contributed by atoms with Crippen LogP contribution in [0.15, 0.2) is 0 Å². The number of aliphatic hydroxyl groups is 1. The van der Waals surface area contributed by atoms with Gasteiger partial charge in [0.2, 0.25) is 0 Å². The van der Waals surface area contributed by atoms with Crippen LogP contribution in [-0.2, 0) is 9.47 Å². The van der Waals surface area contributed by atoms with Crippen LogP contribution in [0, 0.1) is 5.92 Å². The molecule has 1 fully saturated rings. The van der Waals surface area contributed by atoms with E-state index in [1.807, 2.05) is 0 Å². The van der Waals surface area contributed by atoms with Gasteiger partial charge in [0.15, 0.2) is 0 Å². The summed E-state index contributed by atoms with van der Waals surface area (Å²) in [6, 6.07) is 0. The van der Waals surface area contributed by atoms with Gasteiger partial charge in [-0.1, -0.05) is 20.8 Å². The third-order valence-corrected chi connectivity index (χ3v) is 3.88. The fourth-order valence-electron chi connectivity index (χ4n) is 2.79. The fourth-order valence-corrected chi connectivity index (χ4v) is 2.79. The summed E-state index contributed by atoms with van der Waals surface area (Å²) in [5, 5.41) is 13.2. The van der Waals surface area contributed by atoms with Gasteiger partial charge in [-0.15, -0.1) is 0 Å². The number of aliphatic hydroxyl groups excluding tert-OH is 1. The lowest BCUT2D eigenvalue weighted by molar-refractivity contribution is -0.0400. The molecular formula is C16H33NO3. The molecule has 1 saturated carbocycles. The second kappa shape index (κ2) is 9.72. The first-order chi connectivity index (χ1) is 9.62. The van der Waals surface area contributed by atoms with Crippen LogP contribution in [0.3, 0.4) is 0 Å². The van der Waals surface area contributed by atoms with Crippen molar-refractivity contribution < 1.29 is 14.6 Å². The predicted octanol–water partition coefficient (Wildman–Crippen LogP) is 2.35. The maximum atomic E-state index is 9.71. The average Bonchev–Trinajstić information content (AvgIpc) is 2.45. The molecule has 0 amide bonds. The predicted molar refractivity (Wildman–Crippen MR) is 82.0 cm³/mol. The molecule has 120 valence electrons. The molecule has 1 aliphatic rings. The molecular weight excluding hydrogens is 254 g/mol. The second-order valence-electron chi connectivity index (χ2n) is 6.42. The first-order valence-electron chi connectivity index (χ1n) is 8.17. The number of hydrogen-bond acceptors (Lipinski definition) is 4. The summed E-state index contributed by atoms with van der Waals surface area (Å²) in [5.41, 5.74) is -0.127. The van der Waals surface area contributed by atoms with Gasteiger partial charge in [0.25, 0.3) is 0 Å². The Labute approximate surface area is 124 Å². The van der Waals surface area contributed by atoms with E-state index >= 15 is 0 Å². The van der Waals surface area contributed by atoms with Crippen LogP contribution in [0.25, 0.3) is 0 Å². The minimum Gasteiger partial charge on any atom is -0.394 e. The van der Waals surface area contributed by atoms with Crippen LogP contribution in [0.2, 0.25) is 0 Å². The van der Waals surface area contributed by atoms with Gasteiger partial charge < -0.3 is 19.9 Å². The van der Waals surface area contributed by atoms with Crippen molar-refractivity contribution in [2.24, 2.45) is 5.92 Å². The van der Waals surface area contributed by atoms with Crippen molar-refractivity contribution in [2.75, 3.05) is 33.0 Å². The first kappa shape index (κ1) is 17.9. The van der Waals surface area contributed by atoms with Gasteiger partial charge in [0.1, 0.15) is 0 Å². The van der Waals surface area contributed by atoms with Gasteiger partial charge in [-0.25, -0.2) is 0 Å². The second-order valence-corrected chi connectivity index (χ2v) is 6.42. The minimum absolute atomic E-state index is 0.127. The lowest BCUT2D eigenvalue weighted by Crippen LogP contribution is -2.53. The topological polar surface area (TPSA) is 50.7 Å². The summed E-state index contributed by atoms with van der Waals surface area (Å²) in [7, 11) is 0. The van der Waals surface area contributed by atoms with Gasteiger partial charge >= 0.3 is 0 Å². The molecule has 0 heterocycles. The monoisotopic (exact) mass is 287 g/mol. The Morgan fingerprint density at radius 1 is 1.35 bits per heavy atom. The average molecular weight is 287 g/mol. The van der Waals surface area contributed by atoms with E-state index in [4.69, 9.17) is 9.47 Å². The third kappa shape index (κ3) is 6.53. The van der Waals surface area contributed by atoms with Crippen molar-refractivity contribution in [3.8, 4) is 0 Å². The van der Waals surface area contributed by atoms with E-state index in [1.165, 1.54) is 0 Å². The molecule has 2 N–H and O–H groups in total. The Kier molecular flexibility index (Phi) is 8.69. The first-order valence-corrected chi connectivity index (χ1v) is 8.17. The summed E-state index contributed by atoms with van der Waals surface area (Å²) in [6.07, 6.45) is 5.52. The Morgan fingerprint density at radius 2 is 2.15 bits per heavy atom. The van der Waals surface area contributed by atoms with Gasteiger partial charge in [0.05, 0.1) is 25.9 Å². The molecule has 4 nitrogen and oxygen atoms in total. The Balaban J connectivity index is 2.25. The molecule has 0 saturated heterocycles. The summed E-state index contributed by atoms with van der Waals surface area (Å²) < 4.78 is 11.5. The molecule has 20 heavy (non-hydrogen) atoms. The molecule has 0 aliphatic heterocycles. The van der Waals surface area contributed by atoms with Gasteiger partial charge in [0, 0.05) is 12.1 Å². The number of rotatable bonds is 10. The summed E-state index contributed by atoms with van der Waals surface area (Å²) in [4.78, 5) is 0. The summed E-state index contributed by atoms with van der Waals surface area (Å²) in [5.74, 6) is 0.574. The molecule has 0 aromatic heterocycles. The van der Waals surface area contributed by atoms with Crippen LogP contribution in [-0.4, -0.2) is 49.7 Å². The normalized spacial score (nSPS) is 27.1. The standard InChI is InChI=1S/C16H33NO3/c1-4-8-17-16(13-18)7-5-6-15(11-16)20-10-9-19-12-14(2)3/h14-15,17-18H,4-13H2,1-3H3. The van der Waals surface area contributed by atoms with Crippen LogP contribution in [0.4, 0.5) is 0 Å². The maximum absolute atomic E-state index is 9.71. The number of nitrogens with one attached hydrogen (secondary N) is 1. The molecule has 0 aromatic carbocycles. The molecule has 0 aromatic rings. The highest BCUT2D eigenvalue weighted by molar-refractivity contribution is 4.93. The zero-order chi connectivity index (χ0) is 14.8. The lowest BCUT2D eigenvalue weighted by Gasteiger charge is -2.40. The van der Waals surface area contributed by atoms with E-state index < -0.39 is 0 Å². The molecule has 2 atom stereocenters. The highest BCUT2D eigenvalue weighted by atomic mass is 16.5. The Bertz CT molecular complexity index is 248. The Morgan fingerprint density at radius 3 is 2.80 bits per heavy atom. The zero-order valence-corrected chi connectivity index (χ0v) is 13.5. The molecule has 1 rings (SSSR count). The van der Waals surface area contributed by atoms with Crippen molar-refractivity contribution >= 4 is 0 Å². The summed E-state index contributed by atoms with van der Waals surface area (Å²) in [6.45, 7) is 9.75. The molecule has 0 bridgehead atoms. The van der Waals surface area contributed by atoms with Crippen molar-refractivity contribution in [1.29, 1.82) is 0 Å². The maximum Gasteiger partial charge on any atom is 0.0704 e. The van der Waals surface area contributed by atoms with Crippen molar-refractivity contribution in [2.45, 2.75) is 64.5 Å². The third-order valence-electron chi connectivity index (χ3n) is 3.88. The van der Waals surface area contributed by atoms with E-state index in [2.05, 4.69) is 26.1 Å². The van der Waals surface area contributed by atoms with Gasteiger partial charge in [-0.3, -0.25) is 0 Å². The quantitative estimate of drug-likeness (QED) is 0.606. The van der Waals surface area contributed by atoms with Crippen LogP contribution < -0.4 is 5.32 Å². The van der Waals surface area contributed by atoms with Crippen molar-refractivity contribution in [3.05, 3.63) is 0 Å². The smallest absolute Gasteiger partial charge is 0.0704 e. The van der Waals surface area contributed by atoms with Crippen molar-refractivity contribution in [1.82, 2.24) is 5.32 Å². The molecule has 1 aliphatic carbocycles. The van der Waals surface area contributed by atoms with Gasteiger partial charge in [-0.05, 0) is 44.6 Å². The lowest BCUT2D eigenvalue weighted by atomic mass is 9.80. The molecule has 0 spiro atoms. The van der Waals surface area contributed by atoms with Gasteiger partial charge in [-0.2, -0.15) is 0 Å². The number of hydrogen-bond donors (Lipinski definition) is 2. The van der Waals surface area contributed by atoms with Crippen LogP contribution in [0.5, 0.6) is 0 Å². The minimum atomic E-state index is -0.127. The van der Waals surface area contributed by atoms with Crippen LogP contribution >= 0.6 is 0 Å². The fraction of sp³-hybridized carbons (Fsp3) is 1.00. The Hall–Kier alpha value is -0.160. The highest BCUT2D eigenvalue weighted by Gasteiger charge is 2.35. The molecule has 2 unspecified atom stereocenters. The van der Waals surface area contributed by atoms with Crippen molar-refractivity contribution in [3.63, 3.8) is 0 Å². The van der Waals surface area contributed by atoms with E-state index in [1.54, 1.807) is 0 Å². The largest absolute Gasteiger partial charge is 0.394 e. The number of ether oxygens (including phenoxy) is 2. The van der Waals surface area contributed by atoms with Crippen LogP contribution in [0.1, 0.15) is 52.9 Å². The summed E-state index contributed by atoms with van der Waals surface area (Å²) >= 11 is 0. The van der Waals surface area contributed by atoms with E-state index in [0.29, 0.717) is 19.1 Å². The SMILES string of the molecule is CCCNC1(CO)CCCC(OCCOCC(C)C)C1. The highest BCUT2D eigenvalue weighted by Crippen LogP contribution is 2.30. The van der Waals surface area contributed by atoms with E-state index in [9.17, 15) is 5.11 Å². The molecule has 4 heteroatoms. The zero-order valence-electron chi connectivity index (χ0n) is 13.5.